The van der Waals surface area contributed by atoms with Crippen molar-refractivity contribution in [3.63, 3.8) is 0 Å². The predicted molar refractivity (Wildman–Crippen MR) is 66.5 cm³/mol. The number of benzene rings is 1. The number of hydrogen-bond acceptors (Lipinski definition) is 5. The topological polar surface area (TPSA) is 47.9 Å². The summed E-state index contributed by atoms with van der Waals surface area (Å²) in [5.41, 5.74) is 0.960. The largest absolute Gasteiger partial charge is 0.454 e. The lowest BCUT2D eigenvalue weighted by molar-refractivity contribution is 0.478. The maximum absolute atomic E-state index is 5.64. The van der Waals surface area contributed by atoms with Gasteiger partial charge in [0.2, 0.25) is 0 Å². The number of fused-ring (bicyclic) bond motifs is 1. The van der Waals surface area contributed by atoms with Crippen LogP contribution >= 0.6 is 11.3 Å². The number of ether oxygens (including phenoxy) is 1. The van der Waals surface area contributed by atoms with E-state index in [4.69, 9.17) is 4.74 Å². The summed E-state index contributed by atoms with van der Waals surface area (Å²) >= 11 is 1.68. The van der Waals surface area contributed by atoms with E-state index < -0.39 is 0 Å². The third-order valence-corrected chi connectivity index (χ3v) is 3.19. The molecule has 0 saturated heterocycles. The van der Waals surface area contributed by atoms with Crippen LogP contribution in [-0.2, 0) is 0 Å². The minimum Gasteiger partial charge on any atom is -0.454 e. The van der Waals surface area contributed by atoms with E-state index in [-0.39, 0.29) is 0 Å². The van der Waals surface area contributed by atoms with Crippen LogP contribution in [-0.4, -0.2) is 15.0 Å². The van der Waals surface area contributed by atoms with Gasteiger partial charge in [-0.15, -0.1) is 11.3 Å². The molecule has 0 radical (unpaired) electrons. The fraction of sp³-hybridized carbons (Fsp3) is 0.0833. The SMILES string of the molecule is Cc1nc2cc(Oc3cncnc3)ccc2s1. The van der Waals surface area contributed by atoms with Crippen molar-refractivity contribution in [2.24, 2.45) is 0 Å². The second kappa shape index (κ2) is 4.10. The Morgan fingerprint density at radius 3 is 2.76 bits per heavy atom. The number of rotatable bonds is 2. The summed E-state index contributed by atoms with van der Waals surface area (Å²) in [6.45, 7) is 2.00. The van der Waals surface area contributed by atoms with E-state index in [9.17, 15) is 0 Å². The van der Waals surface area contributed by atoms with Crippen LogP contribution in [0.4, 0.5) is 0 Å². The molecule has 0 aliphatic heterocycles. The maximum atomic E-state index is 5.64. The molecule has 0 spiro atoms. The smallest absolute Gasteiger partial charge is 0.163 e. The van der Waals surface area contributed by atoms with Gasteiger partial charge in [0.1, 0.15) is 12.1 Å². The molecule has 4 nitrogen and oxygen atoms in total. The first kappa shape index (κ1) is 10.2. The predicted octanol–water partition coefficient (Wildman–Crippen LogP) is 3.19. The van der Waals surface area contributed by atoms with Gasteiger partial charge in [-0.25, -0.2) is 15.0 Å². The normalized spacial score (nSPS) is 10.6. The van der Waals surface area contributed by atoms with Gasteiger partial charge in [0.05, 0.1) is 27.6 Å². The lowest BCUT2D eigenvalue weighted by Gasteiger charge is -2.03. The molecule has 0 amide bonds. The van der Waals surface area contributed by atoms with Crippen molar-refractivity contribution in [2.45, 2.75) is 6.92 Å². The average Bonchev–Trinajstić information content (AvgIpc) is 2.70. The molecule has 2 heterocycles. The van der Waals surface area contributed by atoms with Crippen LogP contribution in [0.1, 0.15) is 5.01 Å². The fourth-order valence-electron chi connectivity index (χ4n) is 1.56. The average molecular weight is 243 g/mol. The van der Waals surface area contributed by atoms with Crippen molar-refractivity contribution in [3.05, 3.63) is 41.9 Å². The van der Waals surface area contributed by atoms with Crippen molar-refractivity contribution >= 4 is 21.6 Å². The van der Waals surface area contributed by atoms with Gasteiger partial charge in [0, 0.05) is 6.07 Å². The van der Waals surface area contributed by atoms with Gasteiger partial charge in [-0.1, -0.05) is 0 Å². The molecule has 0 atom stereocenters. The van der Waals surface area contributed by atoms with E-state index in [0.717, 1.165) is 16.3 Å². The third-order valence-electron chi connectivity index (χ3n) is 2.24. The van der Waals surface area contributed by atoms with E-state index in [1.807, 2.05) is 25.1 Å². The molecule has 5 heteroatoms. The van der Waals surface area contributed by atoms with E-state index in [1.165, 1.54) is 11.0 Å². The molecule has 3 aromatic rings. The zero-order chi connectivity index (χ0) is 11.7. The molecule has 84 valence electrons. The molecule has 0 bridgehead atoms. The van der Waals surface area contributed by atoms with Gasteiger partial charge >= 0.3 is 0 Å². The molecule has 0 aliphatic rings. The van der Waals surface area contributed by atoms with Gasteiger partial charge in [-0.2, -0.15) is 0 Å². The highest BCUT2D eigenvalue weighted by atomic mass is 32.1. The first-order chi connectivity index (χ1) is 8.31. The summed E-state index contributed by atoms with van der Waals surface area (Å²) < 4.78 is 6.80. The lowest BCUT2D eigenvalue weighted by atomic mass is 10.3. The second-order valence-corrected chi connectivity index (χ2v) is 4.77. The Labute approximate surface area is 102 Å². The molecule has 2 aromatic heterocycles. The molecule has 17 heavy (non-hydrogen) atoms. The summed E-state index contributed by atoms with van der Waals surface area (Å²) in [6.07, 6.45) is 4.73. The highest BCUT2D eigenvalue weighted by Crippen LogP contribution is 2.27. The highest BCUT2D eigenvalue weighted by molar-refractivity contribution is 7.18. The van der Waals surface area contributed by atoms with Crippen molar-refractivity contribution < 1.29 is 4.74 Å². The molecular weight excluding hydrogens is 234 g/mol. The standard InChI is InChI=1S/C12H9N3OS/c1-8-15-11-4-9(2-3-12(11)17-8)16-10-5-13-7-14-6-10/h2-7H,1H3. The van der Waals surface area contributed by atoms with Crippen LogP contribution in [0, 0.1) is 6.92 Å². The van der Waals surface area contributed by atoms with Crippen LogP contribution in [0.3, 0.4) is 0 Å². The van der Waals surface area contributed by atoms with E-state index in [0.29, 0.717) is 5.75 Å². The molecular formula is C12H9N3OS. The number of thiazole rings is 1. The summed E-state index contributed by atoms with van der Waals surface area (Å²) in [5.74, 6) is 1.37. The summed E-state index contributed by atoms with van der Waals surface area (Å²) in [4.78, 5) is 12.2. The molecule has 0 aliphatic carbocycles. The number of hydrogen-bond donors (Lipinski definition) is 0. The van der Waals surface area contributed by atoms with Crippen LogP contribution in [0.2, 0.25) is 0 Å². The fourth-order valence-corrected chi connectivity index (χ4v) is 2.37. The van der Waals surface area contributed by atoms with Crippen molar-refractivity contribution in [3.8, 4) is 11.5 Å². The quantitative estimate of drug-likeness (QED) is 0.693. The first-order valence-electron chi connectivity index (χ1n) is 5.11. The van der Waals surface area contributed by atoms with Crippen LogP contribution in [0.5, 0.6) is 11.5 Å². The number of aryl methyl sites for hydroxylation is 1. The van der Waals surface area contributed by atoms with Crippen LogP contribution in [0.15, 0.2) is 36.9 Å². The van der Waals surface area contributed by atoms with Crippen LogP contribution in [0.25, 0.3) is 10.2 Å². The Balaban J connectivity index is 1.95. The monoisotopic (exact) mass is 243 g/mol. The summed E-state index contributed by atoms with van der Waals surface area (Å²) in [5, 5.41) is 1.06. The van der Waals surface area contributed by atoms with Crippen molar-refractivity contribution in [1.29, 1.82) is 0 Å². The second-order valence-electron chi connectivity index (χ2n) is 3.54. The minimum atomic E-state index is 0.624. The third kappa shape index (κ3) is 2.09. The summed E-state index contributed by atoms with van der Waals surface area (Å²) in [6, 6.07) is 5.86. The van der Waals surface area contributed by atoms with E-state index >= 15 is 0 Å². The summed E-state index contributed by atoms with van der Waals surface area (Å²) in [7, 11) is 0. The van der Waals surface area contributed by atoms with Gasteiger partial charge < -0.3 is 4.74 Å². The van der Waals surface area contributed by atoms with Gasteiger partial charge in [0.15, 0.2) is 5.75 Å². The van der Waals surface area contributed by atoms with E-state index in [1.54, 1.807) is 23.7 Å². The lowest BCUT2D eigenvalue weighted by Crippen LogP contribution is -1.86. The van der Waals surface area contributed by atoms with Crippen molar-refractivity contribution in [1.82, 2.24) is 15.0 Å². The minimum absolute atomic E-state index is 0.624. The maximum Gasteiger partial charge on any atom is 0.163 e. The molecule has 0 fully saturated rings. The Bertz CT molecular complexity index is 651. The van der Waals surface area contributed by atoms with E-state index in [2.05, 4.69) is 15.0 Å². The molecule has 0 saturated carbocycles. The Morgan fingerprint density at radius 1 is 1.12 bits per heavy atom. The number of nitrogens with zero attached hydrogens (tertiary/aromatic N) is 3. The van der Waals surface area contributed by atoms with Crippen molar-refractivity contribution in [2.75, 3.05) is 0 Å². The molecule has 0 unspecified atom stereocenters. The molecule has 3 rings (SSSR count). The van der Waals surface area contributed by atoms with Gasteiger partial charge in [0.25, 0.3) is 0 Å². The Morgan fingerprint density at radius 2 is 1.94 bits per heavy atom. The molecule has 1 aromatic carbocycles. The molecule has 0 N–H and O–H groups in total. The van der Waals surface area contributed by atoms with Gasteiger partial charge in [-0.05, 0) is 19.1 Å². The van der Waals surface area contributed by atoms with Gasteiger partial charge in [-0.3, -0.25) is 0 Å². The zero-order valence-electron chi connectivity index (χ0n) is 9.12. The van der Waals surface area contributed by atoms with Crippen LogP contribution < -0.4 is 4.74 Å². The number of aromatic nitrogens is 3. The zero-order valence-corrected chi connectivity index (χ0v) is 9.94. The Hall–Kier alpha value is -2.01. The highest BCUT2D eigenvalue weighted by Gasteiger charge is 2.03. The first-order valence-corrected chi connectivity index (χ1v) is 5.93. The Kier molecular flexibility index (Phi) is 2.45.